The zero-order valence-electron chi connectivity index (χ0n) is 13.8. The van der Waals surface area contributed by atoms with E-state index in [0.29, 0.717) is 10.6 Å². The molecule has 26 heavy (non-hydrogen) atoms. The first-order chi connectivity index (χ1) is 12.8. The number of para-hydroxylation sites is 1. The van der Waals surface area contributed by atoms with Crippen LogP contribution in [0.15, 0.2) is 85.2 Å². The van der Waals surface area contributed by atoms with Crippen LogP contribution in [0.25, 0.3) is 21.8 Å². The lowest BCUT2D eigenvalue weighted by atomic mass is 10.1. The lowest BCUT2D eigenvalue weighted by molar-refractivity contribution is 0.103. The molecule has 1 N–H and O–H groups in total. The summed E-state index contributed by atoms with van der Waals surface area (Å²) in [6.07, 6.45) is 3.48. The van der Waals surface area contributed by atoms with Gasteiger partial charge in [-0.25, -0.2) is 4.98 Å². The van der Waals surface area contributed by atoms with Gasteiger partial charge in [-0.15, -0.1) is 11.3 Å². The van der Waals surface area contributed by atoms with Crippen molar-refractivity contribution in [2.45, 2.75) is 0 Å². The molecule has 0 radical (unpaired) electrons. The second-order valence-corrected chi connectivity index (χ2v) is 6.62. The van der Waals surface area contributed by atoms with Gasteiger partial charge in [0.2, 0.25) is 0 Å². The number of anilines is 1. The van der Waals surface area contributed by atoms with E-state index in [1.807, 2.05) is 72.8 Å². The Bertz CT molecular complexity index is 1020. The zero-order valence-corrected chi connectivity index (χ0v) is 14.6. The Morgan fingerprint density at radius 3 is 2.23 bits per heavy atom. The molecule has 0 spiro atoms. The first-order valence-electron chi connectivity index (χ1n) is 8.14. The van der Waals surface area contributed by atoms with E-state index in [2.05, 4.69) is 10.3 Å². The maximum atomic E-state index is 12.9. The van der Waals surface area contributed by atoms with E-state index in [4.69, 9.17) is 4.98 Å². The summed E-state index contributed by atoms with van der Waals surface area (Å²) in [5, 5.41) is 3.72. The maximum absolute atomic E-state index is 12.9. The van der Waals surface area contributed by atoms with Crippen molar-refractivity contribution in [3.05, 3.63) is 90.1 Å². The van der Waals surface area contributed by atoms with E-state index in [1.54, 1.807) is 12.4 Å². The molecule has 0 aliphatic rings. The van der Waals surface area contributed by atoms with Crippen molar-refractivity contribution < 1.29 is 4.79 Å². The summed E-state index contributed by atoms with van der Waals surface area (Å²) in [5.41, 5.74) is 3.25. The van der Waals surface area contributed by atoms with Crippen molar-refractivity contribution in [2.75, 3.05) is 5.32 Å². The van der Waals surface area contributed by atoms with E-state index in [0.717, 1.165) is 21.8 Å². The average Bonchev–Trinajstić information content (AvgIpc) is 3.16. The molecule has 0 saturated carbocycles. The van der Waals surface area contributed by atoms with Crippen molar-refractivity contribution in [3.63, 3.8) is 0 Å². The quantitative estimate of drug-likeness (QED) is 0.551. The lowest BCUT2D eigenvalue weighted by Gasteiger charge is -2.05. The molecule has 0 aliphatic carbocycles. The minimum Gasteiger partial charge on any atom is -0.321 e. The Kier molecular flexibility index (Phi) is 4.53. The SMILES string of the molecule is O=C(Nc1ccccc1)c1sc(-c2cccnc2)nc1-c1ccccc1. The largest absolute Gasteiger partial charge is 0.321 e. The van der Waals surface area contributed by atoms with E-state index >= 15 is 0 Å². The van der Waals surface area contributed by atoms with Gasteiger partial charge < -0.3 is 5.32 Å². The molecule has 1 amide bonds. The molecule has 4 nitrogen and oxygen atoms in total. The molecule has 2 aromatic carbocycles. The van der Waals surface area contributed by atoms with Crippen LogP contribution >= 0.6 is 11.3 Å². The van der Waals surface area contributed by atoms with E-state index in [1.165, 1.54) is 11.3 Å². The van der Waals surface area contributed by atoms with Crippen molar-refractivity contribution in [3.8, 4) is 21.8 Å². The Morgan fingerprint density at radius 1 is 0.846 bits per heavy atom. The number of hydrogen-bond donors (Lipinski definition) is 1. The van der Waals surface area contributed by atoms with Crippen LogP contribution in [0.5, 0.6) is 0 Å². The van der Waals surface area contributed by atoms with Crippen molar-refractivity contribution in [1.82, 2.24) is 9.97 Å². The highest BCUT2D eigenvalue weighted by Gasteiger charge is 2.20. The number of hydrogen-bond acceptors (Lipinski definition) is 4. The number of thiazole rings is 1. The van der Waals surface area contributed by atoms with Crippen LogP contribution < -0.4 is 5.32 Å². The number of rotatable bonds is 4. The van der Waals surface area contributed by atoms with Crippen LogP contribution in [0.1, 0.15) is 9.67 Å². The standard InChI is InChI=1S/C21H15N3OS/c25-20(23-17-11-5-2-6-12-17)19-18(15-8-3-1-4-9-15)24-21(26-19)16-10-7-13-22-14-16/h1-14H,(H,23,25). The van der Waals surface area contributed by atoms with Gasteiger partial charge in [-0.1, -0.05) is 48.5 Å². The highest BCUT2D eigenvalue weighted by atomic mass is 32.1. The highest BCUT2D eigenvalue weighted by Crippen LogP contribution is 2.34. The fraction of sp³-hybridized carbons (Fsp3) is 0. The lowest BCUT2D eigenvalue weighted by Crippen LogP contribution is -2.11. The van der Waals surface area contributed by atoms with Crippen LogP contribution in [-0.4, -0.2) is 15.9 Å². The number of benzene rings is 2. The molecular formula is C21H15N3OS. The topological polar surface area (TPSA) is 54.9 Å². The molecule has 4 rings (SSSR count). The molecule has 0 saturated heterocycles. The number of carbonyl (C=O) groups excluding carboxylic acids is 1. The smallest absolute Gasteiger partial charge is 0.268 e. The minimum atomic E-state index is -0.164. The van der Waals surface area contributed by atoms with Crippen LogP contribution in [0.3, 0.4) is 0 Å². The fourth-order valence-electron chi connectivity index (χ4n) is 2.59. The molecule has 5 heteroatoms. The van der Waals surface area contributed by atoms with E-state index < -0.39 is 0 Å². The Balaban J connectivity index is 1.77. The average molecular weight is 357 g/mol. The molecule has 0 unspecified atom stereocenters. The summed E-state index contributed by atoms with van der Waals surface area (Å²) in [6.45, 7) is 0. The van der Waals surface area contributed by atoms with Crippen molar-refractivity contribution in [1.29, 1.82) is 0 Å². The van der Waals surface area contributed by atoms with Crippen LogP contribution in [0.2, 0.25) is 0 Å². The summed E-state index contributed by atoms with van der Waals surface area (Å²) in [7, 11) is 0. The Labute approximate surface area is 155 Å². The molecule has 0 fully saturated rings. The summed E-state index contributed by atoms with van der Waals surface area (Å²) in [5.74, 6) is -0.164. The Morgan fingerprint density at radius 2 is 1.54 bits per heavy atom. The summed E-state index contributed by atoms with van der Waals surface area (Å²) in [4.78, 5) is 22.4. The molecule has 2 aromatic heterocycles. The first kappa shape index (κ1) is 16.2. The Hall–Kier alpha value is -3.31. The van der Waals surface area contributed by atoms with Crippen LogP contribution in [-0.2, 0) is 0 Å². The number of nitrogens with zero attached hydrogens (tertiary/aromatic N) is 2. The number of pyridine rings is 1. The van der Waals surface area contributed by atoms with Gasteiger partial charge >= 0.3 is 0 Å². The highest BCUT2D eigenvalue weighted by molar-refractivity contribution is 7.17. The number of carbonyl (C=O) groups is 1. The predicted molar refractivity (Wildman–Crippen MR) is 105 cm³/mol. The summed E-state index contributed by atoms with van der Waals surface area (Å²) < 4.78 is 0. The zero-order chi connectivity index (χ0) is 17.8. The first-order valence-corrected chi connectivity index (χ1v) is 8.96. The molecule has 4 aromatic rings. The third-order valence-corrected chi connectivity index (χ3v) is 4.92. The molecule has 0 atom stereocenters. The van der Waals surface area contributed by atoms with Gasteiger partial charge in [-0.3, -0.25) is 9.78 Å². The van der Waals surface area contributed by atoms with Gasteiger partial charge in [0.05, 0.1) is 5.69 Å². The fourth-order valence-corrected chi connectivity index (χ4v) is 3.56. The molecule has 2 heterocycles. The van der Waals surface area contributed by atoms with E-state index in [9.17, 15) is 4.79 Å². The van der Waals surface area contributed by atoms with Crippen LogP contribution in [0.4, 0.5) is 5.69 Å². The predicted octanol–water partition coefficient (Wildman–Crippen LogP) is 5.12. The molecule has 0 bridgehead atoms. The summed E-state index contributed by atoms with van der Waals surface area (Å²) in [6, 6.07) is 23.0. The second kappa shape index (κ2) is 7.29. The van der Waals surface area contributed by atoms with Gasteiger partial charge in [0.15, 0.2) is 0 Å². The third kappa shape index (κ3) is 3.38. The maximum Gasteiger partial charge on any atom is 0.268 e. The van der Waals surface area contributed by atoms with Crippen molar-refractivity contribution >= 4 is 22.9 Å². The van der Waals surface area contributed by atoms with Crippen molar-refractivity contribution in [2.24, 2.45) is 0 Å². The number of aromatic nitrogens is 2. The molecule has 126 valence electrons. The third-order valence-electron chi connectivity index (χ3n) is 3.82. The monoisotopic (exact) mass is 357 g/mol. The van der Waals surface area contributed by atoms with Gasteiger partial charge in [-0.2, -0.15) is 0 Å². The second-order valence-electron chi connectivity index (χ2n) is 5.62. The van der Waals surface area contributed by atoms with Crippen LogP contribution in [0, 0.1) is 0 Å². The summed E-state index contributed by atoms with van der Waals surface area (Å²) >= 11 is 1.37. The van der Waals surface area contributed by atoms with Gasteiger partial charge in [0.1, 0.15) is 9.88 Å². The molecule has 0 aliphatic heterocycles. The van der Waals surface area contributed by atoms with E-state index in [-0.39, 0.29) is 5.91 Å². The minimum absolute atomic E-state index is 0.164. The van der Waals surface area contributed by atoms with Gasteiger partial charge in [-0.05, 0) is 24.3 Å². The normalized spacial score (nSPS) is 10.5. The van der Waals surface area contributed by atoms with Gasteiger partial charge in [0.25, 0.3) is 5.91 Å². The number of nitrogens with one attached hydrogen (secondary N) is 1. The molecular weight excluding hydrogens is 342 g/mol. The van der Waals surface area contributed by atoms with Gasteiger partial charge in [0, 0.05) is 29.2 Å². The number of amides is 1.